The zero-order valence-corrected chi connectivity index (χ0v) is 13.4. The second-order valence-electron chi connectivity index (χ2n) is 4.49. The summed E-state index contributed by atoms with van der Waals surface area (Å²) < 4.78 is 8.58. The molecule has 1 aromatic carbocycles. The summed E-state index contributed by atoms with van der Waals surface area (Å²) >= 11 is 3.54. The fourth-order valence-corrected chi connectivity index (χ4v) is 2.36. The molecule has 0 fully saturated rings. The number of ether oxygens (including phenoxy) is 1. The van der Waals surface area contributed by atoms with Gasteiger partial charge in [0.1, 0.15) is 18.7 Å². The third-order valence-electron chi connectivity index (χ3n) is 2.94. The minimum Gasteiger partial charge on any atom is -0.484 e. The number of aromatic nitrogens is 3. The second-order valence-corrected chi connectivity index (χ2v) is 5.35. The first-order chi connectivity index (χ1) is 9.72. The lowest BCUT2D eigenvalue weighted by Crippen LogP contribution is -2.15. The smallest absolute Gasteiger partial charge is 0.164 e. The predicted octanol–water partition coefficient (Wildman–Crippen LogP) is 2.66. The van der Waals surface area contributed by atoms with Crippen LogP contribution in [0.2, 0.25) is 0 Å². The minimum absolute atomic E-state index is 0.403. The number of nitrogens with zero attached hydrogens (tertiary/aromatic N) is 3. The molecule has 1 N–H and O–H groups in total. The molecule has 0 aliphatic carbocycles. The van der Waals surface area contributed by atoms with E-state index in [0.29, 0.717) is 6.61 Å². The molecule has 0 unspecified atom stereocenters. The van der Waals surface area contributed by atoms with E-state index in [1.807, 2.05) is 19.2 Å². The molecule has 0 amide bonds. The summed E-state index contributed by atoms with van der Waals surface area (Å²) in [6.07, 6.45) is 2.64. The molecule has 1 aromatic heterocycles. The third kappa shape index (κ3) is 3.80. The fourth-order valence-electron chi connectivity index (χ4n) is 1.84. The molecule has 0 aliphatic rings. The average molecular weight is 339 g/mol. The molecule has 0 radical (unpaired) electrons. The molecule has 0 bridgehead atoms. The van der Waals surface area contributed by atoms with Crippen molar-refractivity contribution >= 4 is 15.9 Å². The van der Waals surface area contributed by atoms with Crippen LogP contribution in [0, 0.1) is 0 Å². The van der Waals surface area contributed by atoms with E-state index in [-0.39, 0.29) is 0 Å². The van der Waals surface area contributed by atoms with Gasteiger partial charge in [0.15, 0.2) is 5.82 Å². The zero-order chi connectivity index (χ0) is 14.4. The highest BCUT2D eigenvalue weighted by molar-refractivity contribution is 9.10. The van der Waals surface area contributed by atoms with Crippen molar-refractivity contribution in [3.05, 3.63) is 40.4 Å². The average Bonchev–Trinajstić information content (AvgIpc) is 2.84. The highest BCUT2D eigenvalue weighted by Gasteiger charge is 2.09. The van der Waals surface area contributed by atoms with Crippen LogP contribution in [0.25, 0.3) is 0 Å². The van der Waals surface area contributed by atoms with E-state index in [0.717, 1.165) is 41.1 Å². The van der Waals surface area contributed by atoms with Crippen LogP contribution in [-0.4, -0.2) is 21.3 Å². The van der Waals surface area contributed by atoms with Crippen LogP contribution >= 0.6 is 15.9 Å². The summed E-state index contributed by atoms with van der Waals surface area (Å²) in [5.74, 6) is 1.66. The molecule has 0 atom stereocenters. The number of rotatable bonds is 7. The van der Waals surface area contributed by atoms with E-state index in [2.05, 4.69) is 44.3 Å². The second kappa shape index (κ2) is 7.40. The molecule has 2 aromatic rings. The molecule has 108 valence electrons. The van der Waals surface area contributed by atoms with Gasteiger partial charge in [-0.1, -0.05) is 19.1 Å². The van der Waals surface area contributed by atoms with Crippen molar-refractivity contribution in [2.45, 2.75) is 26.5 Å². The van der Waals surface area contributed by atoms with Crippen LogP contribution < -0.4 is 10.1 Å². The van der Waals surface area contributed by atoms with Crippen LogP contribution in [0.1, 0.15) is 24.7 Å². The van der Waals surface area contributed by atoms with Crippen molar-refractivity contribution in [2.24, 2.45) is 7.05 Å². The van der Waals surface area contributed by atoms with Crippen LogP contribution in [0.5, 0.6) is 5.75 Å². The monoisotopic (exact) mass is 338 g/mol. The first kappa shape index (κ1) is 15.0. The molecule has 0 saturated heterocycles. The number of halogens is 1. The van der Waals surface area contributed by atoms with Crippen LogP contribution in [0.15, 0.2) is 29.0 Å². The maximum absolute atomic E-state index is 5.91. The standard InChI is InChI=1S/C14H19BrN4O/c1-3-7-16-8-11-5-4-6-12(15)14(11)20-9-13-17-10-18-19(13)2/h4-6,10,16H,3,7-9H2,1-2H3. The largest absolute Gasteiger partial charge is 0.484 e. The predicted molar refractivity (Wildman–Crippen MR) is 81.5 cm³/mol. The molecule has 0 spiro atoms. The Bertz CT molecular complexity index is 556. The Labute approximate surface area is 127 Å². The van der Waals surface area contributed by atoms with Gasteiger partial charge in [0.05, 0.1) is 4.47 Å². The highest BCUT2D eigenvalue weighted by Crippen LogP contribution is 2.29. The molecule has 0 saturated carbocycles. The van der Waals surface area contributed by atoms with E-state index < -0.39 is 0 Å². The number of hydrogen-bond acceptors (Lipinski definition) is 4. The van der Waals surface area contributed by atoms with Gasteiger partial charge in [-0.15, -0.1) is 0 Å². The SMILES string of the molecule is CCCNCc1cccc(Br)c1OCc1ncnn1C. The van der Waals surface area contributed by atoms with Crippen molar-refractivity contribution in [3.63, 3.8) is 0 Å². The van der Waals surface area contributed by atoms with E-state index >= 15 is 0 Å². The summed E-state index contributed by atoms with van der Waals surface area (Å²) in [4.78, 5) is 4.16. The third-order valence-corrected chi connectivity index (χ3v) is 3.57. The number of aryl methyl sites for hydroxylation is 1. The van der Waals surface area contributed by atoms with Gasteiger partial charge in [0.2, 0.25) is 0 Å². The molecule has 2 rings (SSSR count). The molecule has 20 heavy (non-hydrogen) atoms. The Hall–Kier alpha value is -1.40. The van der Waals surface area contributed by atoms with E-state index in [9.17, 15) is 0 Å². The Kier molecular flexibility index (Phi) is 5.55. The number of para-hydroxylation sites is 1. The lowest BCUT2D eigenvalue weighted by molar-refractivity contribution is 0.284. The van der Waals surface area contributed by atoms with E-state index in [1.165, 1.54) is 6.33 Å². The molecular formula is C14H19BrN4O. The van der Waals surface area contributed by atoms with Crippen LogP contribution in [0.3, 0.4) is 0 Å². The van der Waals surface area contributed by atoms with Gasteiger partial charge in [-0.2, -0.15) is 5.10 Å². The van der Waals surface area contributed by atoms with Gasteiger partial charge < -0.3 is 10.1 Å². The number of hydrogen-bond donors (Lipinski definition) is 1. The normalized spacial score (nSPS) is 10.8. The summed E-state index contributed by atoms with van der Waals surface area (Å²) in [5, 5.41) is 7.43. The quantitative estimate of drug-likeness (QED) is 0.788. The summed E-state index contributed by atoms with van der Waals surface area (Å²) in [5.41, 5.74) is 1.13. The molecule has 0 aliphatic heterocycles. The van der Waals surface area contributed by atoms with Crippen molar-refractivity contribution in [3.8, 4) is 5.75 Å². The first-order valence-electron chi connectivity index (χ1n) is 6.66. The topological polar surface area (TPSA) is 52.0 Å². The molecule has 1 heterocycles. The first-order valence-corrected chi connectivity index (χ1v) is 7.45. The molecular weight excluding hydrogens is 320 g/mol. The Morgan fingerprint density at radius 2 is 2.25 bits per heavy atom. The number of nitrogens with one attached hydrogen (secondary N) is 1. The maximum Gasteiger partial charge on any atom is 0.164 e. The summed E-state index contributed by atoms with van der Waals surface area (Å²) in [6, 6.07) is 6.07. The van der Waals surface area contributed by atoms with Gasteiger partial charge in [-0.05, 0) is 35.0 Å². The molecule has 6 heteroatoms. The van der Waals surface area contributed by atoms with Crippen molar-refractivity contribution in [2.75, 3.05) is 6.54 Å². The van der Waals surface area contributed by atoms with Crippen molar-refractivity contribution < 1.29 is 4.74 Å². The Balaban J connectivity index is 2.07. The molecule has 5 nitrogen and oxygen atoms in total. The van der Waals surface area contributed by atoms with Crippen LogP contribution in [-0.2, 0) is 20.2 Å². The van der Waals surface area contributed by atoms with Gasteiger partial charge in [-0.25, -0.2) is 4.98 Å². The summed E-state index contributed by atoms with van der Waals surface area (Å²) in [6.45, 7) is 4.34. The lowest BCUT2D eigenvalue weighted by atomic mass is 10.2. The van der Waals surface area contributed by atoms with E-state index in [1.54, 1.807) is 4.68 Å². The van der Waals surface area contributed by atoms with Gasteiger partial charge in [0, 0.05) is 19.2 Å². The van der Waals surface area contributed by atoms with Gasteiger partial charge in [0.25, 0.3) is 0 Å². The zero-order valence-electron chi connectivity index (χ0n) is 11.8. The Morgan fingerprint density at radius 1 is 1.40 bits per heavy atom. The van der Waals surface area contributed by atoms with E-state index in [4.69, 9.17) is 4.74 Å². The number of benzene rings is 1. The lowest BCUT2D eigenvalue weighted by Gasteiger charge is -2.13. The van der Waals surface area contributed by atoms with Crippen LogP contribution in [0.4, 0.5) is 0 Å². The minimum atomic E-state index is 0.403. The highest BCUT2D eigenvalue weighted by atomic mass is 79.9. The fraction of sp³-hybridized carbons (Fsp3) is 0.429. The Morgan fingerprint density at radius 3 is 2.95 bits per heavy atom. The van der Waals surface area contributed by atoms with Crippen molar-refractivity contribution in [1.29, 1.82) is 0 Å². The summed E-state index contributed by atoms with van der Waals surface area (Å²) in [7, 11) is 1.86. The maximum atomic E-state index is 5.91. The van der Waals surface area contributed by atoms with Crippen molar-refractivity contribution in [1.82, 2.24) is 20.1 Å². The van der Waals surface area contributed by atoms with Gasteiger partial charge in [-0.3, -0.25) is 4.68 Å². The van der Waals surface area contributed by atoms with Gasteiger partial charge >= 0.3 is 0 Å².